The van der Waals surface area contributed by atoms with Crippen molar-refractivity contribution in [3.05, 3.63) is 36.2 Å². The highest BCUT2D eigenvalue weighted by atomic mass is 19.1. The molecule has 0 heterocycles. The molecule has 106 valence electrons. The molecule has 0 spiro atoms. The summed E-state index contributed by atoms with van der Waals surface area (Å²) in [7, 11) is 0. The molecule has 0 aliphatic heterocycles. The molecule has 1 amide bonds. The zero-order valence-corrected chi connectivity index (χ0v) is 11.7. The van der Waals surface area contributed by atoms with Crippen LogP contribution in [0.1, 0.15) is 27.7 Å². The number of amides is 1. The highest BCUT2D eigenvalue weighted by Crippen LogP contribution is 2.09. The van der Waals surface area contributed by atoms with Gasteiger partial charge < -0.3 is 14.8 Å². The average molecular weight is 269 g/mol. The fraction of sp³-hybridized carbons (Fsp3) is 0.429. The van der Waals surface area contributed by atoms with Crippen LogP contribution in [0.2, 0.25) is 0 Å². The fourth-order valence-corrected chi connectivity index (χ4v) is 1.04. The largest absolute Gasteiger partial charge is 0.444 e. The number of hydrogen-bond acceptors (Lipinski definition) is 3. The van der Waals surface area contributed by atoms with E-state index in [9.17, 15) is 14.0 Å². The molecule has 0 bridgehead atoms. The van der Waals surface area contributed by atoms with Gasteiger partial charge in [-0.1, -0.05) is 18.7 Å². The molecule has 5 heteroatoms. The molecule has 0 rings (SSSR count). The van der Waals surface area contributed by atoms with Crippen LogP contribution in [0.4, 0.5) is 9.18 Å². The molecule has 0 aromatic carbocycles. The van der Waals surface area contributed by atoms with E-state index in [-0.39, 0.29) is 5.57 Å². The monoisotopic (exact) mass is 269 g/mol. The number of aldehydes is 1. The van der Waals surface area contributed by atoms with Crippen LogP contribution in [0.25, 0.3) is 0 Å². The lowest BCUT2D eigenvalue weighted by Gasteiger charge is -2.21. The number of rotatable bonds is 5. The van der Waals surface area contributed by atoms with Crippen LogP contribution >= 0.6 is 0 Å². The molecule has 0 radical (unpaired) electrons. The van der Waals surface area contributed by atoms with Crippen molar-refractivity contribution >= 4 is 12.4 Å². The van der Waals surface area contributed by atoms with Gasteiger partial charge in [-0.25, -0.2) is 9.18 Å². The summed E-state index contributed by atoms with van der Waals surface area (Å²) in [6.45, 7) is 10.3. The van der Waals surface area contributed by atoms with Crippen molar-refractivity contribution in [1.29, 1.82) is 0 Å². The predicted molar refractivity (Wildman–Crippen MR) is 72.4 cm³/mol. The van der Waals surface area contributed by atoms with Crippen molar-refractivity contribution in [3.63, 3.8) is 0 Å². The normalized spacial score (nSPS) is 14.1. The number of carbonyl (C=O) groups excluding carboxylic acids is 2. The van der Waals surface area contributed by atoms with Gasteiger partial charge in [-0.05, 0) is 39.3 Å². The standard InChI is InChI=1S/C14H20FNO3/c1-6-11(15)8-7-10(2)12(9-17)16-13(18)19-14(3,4)5/h6-9,12H,2H2,1,3-5H3,(H,16,18)/b8-7-,11-6+. The number of carbonyl (C=O) groups is 2. The van der Waals surface area contributed by atoms with Gasteiger partial charge in [-0.2, -0.15) is 0 Å². The van der Waals surface area contributed by atoms with Crippen molar-refractivity contribution in [2.75, 3.05) is 0 Å². The maximum atomic E-state index is 12.9. The van der Waals surface area contributed by atoms with Gasteiger partial charge in [0.15, 0.2) is 0 Å². The topological polar surface area (TPSA) is 55.4 Å². The Bertz CT molecular complexity index is 405. The second-order valence-electron chi connectivity index (χ2n) is 4.84. The first-order valence-electron chi connectivity index (χ1n) is 5.83. The van der Waals surface area contributed by atoms with Gasteiger partial charge >= 0.3 is 6.09 Å². The summed E-state index contributed by atoms with van der Waals surface area (Å²) >= 11 is 0. The molecule has 1 atom stereocenters. The first-order valence-corrected chi connectivity index (χ1v) is 5.83. The summed E-state index contributed by atoms with van der Waals surface area (Å²) in [5.41, 5.74) is -0.399. The van der Waals surface area contributed by atoms with E-state index in [0.29, 0.717) is 6.29 Å². The highest BCUT2D eigenvalue weighted by molar-refractivity contribution is 5.76. The van der Waals surface area contributed by atoms with E-state index in [4.69, 9.17) is 4.74 Å². The Labute approximate surface area is 113 Å². The number of halogens is 1. The summed E-state index contributed by atoms with van der Waals surface area (Å²) in [5, 5.41) is 2.34. The van der Waals surface area contributed by atoms with Crippen LogP contribution in [0.15, 0.2) is 36.2 Å². The van der Waals surface area contributed by atoms with Gasteiger partial charge in [0.25, 0.3) is 0 Å². The second-order valence-corrected chi connectivity index (χ2v) is 4.84. The number of hydrogen-bond donors (Lipinski definition) is 1. The van der Waals surface area contributed by atoms with Crippen molar-refractivity contribution in [2.24, 2.45) is 0 Å². The molecule has 0 aliphatic carbocycles. The van der Waals surface area contributed by atoms with Crippen molar-refractivity contribution in [3.8, 4) is 0 Å². The van der Waals surface area contributed by atoms with Crippen molar-refractivity contribution in [1.82, 2.24) is 5.32 Å². The smallest absolute Gasteiger partial charge is 0.408 e. The summed E-state index contributed by atoms with van der Waals surface area (Å²) in [6, 6.07) is -0.948. The minimum atomic E-state index is -0.948. The Hall–Kier alpha value is -1.91. The third kappa shape index (κ3) is 7.91. The van der Waals surface area contributed by atoms with E-state index in [0.717, 1.165) is 6.08 Å². The lowest BCUT2D eigenvalue weighted by Crippen LogP contribution is -2.40. The number of ether oxygens (including phenoxy) is 1. The average Bonchev–Trinajstić information content (AvgIpc) is 2.30. The molecule has 1 unspecified atom stereocenters. The molecule has 0 saturated heterocycles. The van der Waals surface area contributed by atoms with Gasteiger partial charge in [0.2, 0.25) is 0 Å². The molecule has 0 saturated carbocycles. The quantitative estimate of drug-likeness (QED) is 0.616. The predicted octanol–water partition coefficient (Wildman–Crippen LogP) is 3.06. The third-order valence-corrected chi connectivity index (χ3v) is 1.94. The Morgan fingerprint density at radius 3 is 2.37 bits per heavy atom. The molecular weight excluding hydrogens is 249 g/mol. The molecule has 0 aromatic heterocycles. The molecule has 1 N–H and O–H groups in total. The van der Waals surface area contributed by atoms with Crippen molar-refractivity contribution < 1.29 is 18.7 Å². The van der Waals surface area contributed by atoms with Gasteiger partial charge in [-0.3, -0.25) is 0 Å². The SMILES string of the molecule is C=C(/C=C\C(F)=C/C)C(C=O)NC(=O)OC(C)(C)C. The Balaban J connectivity index is 4.59. The molecule has 4 nitrogen and oxygen atoms in total. The van der Waals surface area contributed by atoms with E-state index >= 15 is 0 Å². The van der Waals surface area contributed by atoms with Gasteiger partial charge in [0.05, 0.1) is 0 Å². The van der Waals surface area contributed by atoms with Crippen LogP contribution in [-0.2, 0) is 9.53 Å². The summed E-state index contributed by atoms with van der Waals surface area (Å²) in [5.74, 6) is -0.455. The number of alkyl carbamates (subject to hydrolysis) is 1. The van der Waals surface area contributed by atoms with Crippen LogP contribution in [0, 0.1) is 0 Å². The molecule has 0 fully saturated rings. The van der Waals surface area contributed by atoms with Crippen LogP contribution in [0.3, 0.4) is 0 Å². The number of allylic oxidation sites excluding steroid dienone is 3. The fourth-order valence-electron chi connectivity index (χ4n) is 1.04. The Morgan fingerprint density at radius 1 is 1.37 bits per heavy atom. The first-order chi connectivity index (χ1) is 8.69. The number of nitrogens with one attached hydrogen (secondary N) is 1. The van der Waals surface area contributed by atoms with E-state index in [1.54, 1.807) is 27.7 Å². The third-order valence-electron chi connectivity index (χ3n) is 1.94. The van der Waals surface area contributed by atoms with Gasteiger partial charge in [0, 0.05) is 0 Å². The van der Waals surface area contributed by atoms with Crippen LogP contribution < -0.4 is 5.32 Å². The zero-order chi connectivity index (χ0) is 15.1. The lowest BCUT2D eigenvalue weighted by atomic mass is 10.1. The molecule has 0 aromatic rings. The van der Waals surface area contributed by atoms with E-state index in [2.05, 4.69) is 11.9 Å². The maximum Gasteiger partial charge on any atom is 0.408 e. The van der Waals surface area contributed by atoms with E-state index < -0.39 is 23.6 Å². The second kappa shape index (κ2) is 7.51. The minimum Gasteiger partial charge on any atom is -0.444 e. The van der Waals surface area contributed by atoms with Gasteiger partial charge in [-0.15, -0.1) is 0 Å². The highest BCUT2D eigenvalue weighted by Gasteiger charge is 2.19. The van der Waals surface area contributed by atoms with Crippen LogP contribution in [-0.4, -0.2) is 24.0 Å². The Kier molecular flexibility index (Phi) is 6.75. The zero-order valence-electron chi connectivity index (χ0n) is 11.7. The summed E-state index contributed by atoms with van der Waals surface area (Å²) in [6.07, 6.45) is 3.53. The minimum absolute atomic E-state index is 0.262. The van der Waals surface area contributed by atoms with E-state index in [1.165, 1.54) is 12.2 Å². The Morgan fingerprint density at radius 2 is 1.95 bits per heavy atom. The van der Waals surface area contributed by atoms with Gasteiger partial charge in [0.1, 0.15) is 23.8 Å². The summed E-state index contributed by atoms with van der Waals surface area (Å²) in [4.78, 5) is 22.4. The van der Waals surface area contributed by atoms with Crippen molar-refractivity contribution in [2.45, 2.75) is 39.3 Å². The first kappa shape index (κ1) is 17.1. The summed E-state index contributed by atoms with van der Waals surface area (Å²) < 4.78 is 17.9. The molecular formula is C14H20FNO3. The molecule has 19 heavy (non-hydrogen) atoms. The van der Waals surface area contributed by atoms with E-state index in [1.807, 2.05) is 0 Å². The maximum absolute atomic E-state index is 12.9. The van der Waals surface area contributed by atoms with Crippen LogP contribution in [0.5, 0.6) is 0 Å². The lowest BCUT2D eigenvalue weighted by molar-refractivity contribution is -0.108. The molecule has 0 aliphatic rings.